The van der Waals surface area contributed by atoms with E-state index in [2.05, 4.69) is 0 Å². The topological polar surface area (TPSA) is 82.4 Å². The molecule has 5 nitrogen and oxygen atoms in total. The number of hydrogen-bond donors (Lipinski definition) is 0. The van der Waals surface area contributed by atoms with Gasteiger partial charge < -0.3 is 4.13 Å². The van der Waals surface area contributed by atoms with Crippen LogP contribution in [0.5, 0.6) is 0 Å². The predicted octanol–water partition coefficient (Wildman–Crippen LogP) is 1.06. The molecule has 0 bridgehead atoms. The van der Waals surface area contributed by atoms with Crippen LogP contribution >= 0.6 is 0 Å². The third-order valence-electron chi connectivity index (χ3n) is 0.781. The second-order valence-electron chi connectivity index (χ2n) is 1.92. The zero-order valence-corrected chi connectivity index (χ0v) is 9.04. The van der Waals surface area contributed by atoms with Gasteiger partial charge in [-0.2, -0.15) is 26.3 Å². The minimum absolute atomic E-state index is 0. The summed E-state index contributed by atoms with van der Waals surface area (Å²) in [5, 5.41) is 0. The van der Waals surface area contributed by atoms with Crippen LogP contribution in [-0.4, -0.2) is 27.9 Å². The third kappa shape index (κ3) is 4.08. The largest absolute Gasteiger partial charge is 1.00 e. The molecule has 0 amide bonds. The molecule has 0 saturated carbocycles. The van der Waals surface area contributed by atoms with Crippen molar-refractivity contribution in [1.82, 2.24) is 0 Å². The smallest absolute Gasteiger partial charge is 0.421 e. The normalized spacial score (nSPS) is 14.4. The molecule has 0 aliphatic carbocycles. The molecule has 0 aliphatic heterocycles. The number of nitrogens with zero attached hydrogens (tertiary/aromatic N) is 1. The molecule has 0 radical (unpaired) electrons. The average Bonchev–Trinajstić information content (AvgIpc) is 1.77. The van der Waals surface area contributed by atoms with Crippen molar-refractivity contribution in [3.63, 3.8) is 0 Å². The number of hydrogen-bond acceptors (Lipinski definition) is 4. The molecule has 0 atom stereocenters. The SMILES string of the molecule is O=S(=O)([N-]S(=O)(=O)C(F)(F)F)C(F)(F)F.[Cu+]. The van der Waals surface area contributed by atoms with E-state index in [1.165, 1.54) is 0 Å². The molecule has 16 heavy (non-hydrogen) atoms. The zero-order valence-electron chi connectivity index (χ0n) is 6.47. The Hall–Kier alpha value is -0.0405. The van der Waals surface area contributed by atoms with Crippen LogP contribution in [0.1, 0.15) is 0 Å². The van der Waals surface area contributed by atoms with Gasteiger partial charge in [-0.25, -0.2) is 16.8 Å². The molecule has 0 saturated heterocycles. The van der Waals surface area contributed by atoms with Crippen molar-refractivity contribution in [2.24, 2.45) is 0 Å². The molecular weight excluding hydrogens is 344 g/mol. The standard InChI is InChI=1S/C2F6NO4S2.Cu/c3-1(4,5)14(10,11)9-15(12,13)2(6,7)8;/q-1;+1. The molecule has 0 aromatic carbocycles. The average molecular weight is 344 g/mol. The van der Waals surface area contributed by atoms with Gasteiger partial charge in [0.05, 0.1) is 0 Å². The summed E-state index contributed by atoms with van der Waals surface area (Å²) in [5.41, 5.74) is -12.4. The summed E-state index contributed by atoms with van der Waals surface area (Å²) in [5.74, 6) is 0. The van der Waals surface area contributed by atoms with Crippen molar-refractivity contribution >= 4 is 20.0 Å². The van der Waals surface area contributed by atoms with Gasteiger partial charge in [0.1, 0.15) is 0 Å². The molecule has 0 aromatic rings. The van der Waals surface area contributed by atoms with E-state index in [9.17, 15) is 43.2 Å². The van der Waals surface area contributed by atoms with Crippen molar-refractivity contribution in [1.29, 1.82) is 0 Å². The molecule has 0 spiro atoms. The Labute approximate surface area is 95.8 Å². The first kappa shape index (κ1) is 18.3. The second-order valence-corrected chi connectivity index (χ2v) is 5.34. The van der Waals surface area contributed by atoms with Gasteiger partial charge in [-0.05, 0) is 0 Å². The molecule has 0 aromatic heterocycles. The Bertz CT molecular complexity index is 390. The van der Waals surface area contributed by atoms with Crippen molar-refractivity contribution < 1.29 is 60.2 Å². The summed E-state index contributed by atoms with van der Waals surface area (Å²) < 4.78 is 109. The maximum absolute atomic E-state index is 11.4. The monoisotopic (exact) mass is 343 g/mol. The summed E-state index contributed by atoms with van der Waals surface area (Å²) in [6, 6.07) is 0. The molecular formula is C2CuF6NO4S2. The first-order chi connectivity index (χ1) is 6.21. The van der Waals surface area contributed by atoms with Gasteiger partial charge in [0.2, 0.25) is 0 Å². The van der Waals surface area contributed by atoms with Crippen LogP contribution in [-0.2, 0) is 37.1 Å². The fraction of sp³-hybridized carbons (Fsp3) is 1.00. The van der Waals surface area contributed by atoms with E-state index in [-0.39, 0.29) is 17.1 Å². The summed E-state index contributed by atoms with van der Waals surface area (Å²) in [4.78, 5) is 0. The Morgan fingerprint density at radius 3 is 1.00 bits per heavy atom. The van der Waals surface area contributed by atoms with Crippen molar-refractivity contribution in [2.75, 3.05) is 0 Å². The van der Waals surface area contributed by atoms with Crippen LogP contribution in [0.2, 0.25) is 0 Å². The zero-order chi connectivity index (χ0) is 12.7. The number of alkyl halides is 6. The molecule has 0 aliphatic rings. The predicted molar refractivity (Wildman–Crippen MR) is 33.3 cm³/mol. The van der Waals surface area contributed by atoms with E-state index in [0.717, 1.165) is 4.13 Å². The maximum Gasteiger partial charge on any atom is 1.00 e. The van der Waals surface area contributed by atoms with E-state index >= 15 is 0 Å². The van der Waals surface area contributed by atoms with Gasteiger partial charge in [-0.3, -0.25) is 0 Å². The van der Waals surface area contributed by atoms with E-state index in [1.54, 1.807) is 0 Å². The molecule has 102 valence electrons. The van der Waals surface area contributed by atoms with Gasteiger partial charge in [0.15, 0.2) is 20.0 Å². The van der Waals surface area contributed by atoms with Gasteiger partial charge >= 0.3 is 28.1 Å². The van der Waals surface area contributed by atoms with Crippen LogP contribution < -0.4 is 0 Å². The van der Waals surface area contributed by atoms with Crippen LogP contribution in [0.3, 0.4) is 0 Å². The molecule has 0 fully saturated rings. The van der Waals surface area contributed by atoms with Gasteiger partial charge in [0.25, 0.3) is 0 Å². The van der Waals surface area contributed by atoms with E-state index in [1.807, 2.05) is 0 Å². The minimum Gasteiger partial charge on any atom is -0.421 e. The van der Waals surface area contributed by atoms with Crippen molar-refractivity contribution in [3.05, 3.63) is 4.13 Å². The molecule has 0 unspecified atom stereocenters. The van der Waals surface area contributed by atoms with Crippen LogP contribution in [0.4, 0.5) is 26.3 Å². The Balaban J connectivity index is 0. The van der Waals surface area contributed by atoms with Crippen molar-refractivity contribution in [2.45, 2.75) is 11.0 Å². The van der Waals surface area contributed by atoms with Crippen LogP contribution in [0, 0.1) is 0 Å². The van der Waals surface area contributed by atoms with E-state index in [4.69, 9.17) is 0 Å². The first-order valence-electron chi connectivity index (χ1n) is 2.57. The van der Waals surface area contributed by atoms with Crippen molar-refractivity contribution in [3.8, 4) is 0 Å². The summed E-state index contributed by atoms with van der Waals surface area (Å²) in [6.45, 7) is 0. The van der Waals surface area contributed by atoms with E-state index in [0.29, 0.717) is 0 Å². The Morgan fingerprint density at radius 1 is 0.688 bits per heavy atom. The second kappa shape index (κ2) is 4.68. The van der Waals surface area contributed by atoms with Gasteiger partial charge in [-0.1, -0.05) is 0 Å². The number of halogens is 6. The fourth-order valence-corrected chi connectivity index (χ4v) is 1.92. The summed E-state index contributed by atoms with van der Waals surface area (Å²) in [6.07, 6.45) is 0. The maximum atomic E-state index is 11.4. The molecule has 0 N–H and O–H groups in total. The molecule has 0 heterocycles. The Kier molecular flexibility index (Phi) is 5.36. The minimum atomic E-state index is -6.72. The first-order valence-corrected chi connectivity index (χ1v) is 5.45. The number of sulfonamides is 2. The van der Waals surface area contributed by atoms with Crippen LogP contribution in [0.15, 0.2) is 0 Å². The van der Waals surface area contributed by atoms with Gasteiger partial charge in [-0.15, -0.1) is 0 Å². The quantitative estimate of drug-likeness (QED) is 0.554. The van der Waals surface area contributed by atoms with E-state index < -0.39 is 31.1 Å². The molecule has 0 rings (SSSR count). The Morgan fingerprint density at radius 2 is 0.875 bits per heavy atom. The van der Waals surface area contributed by atoms with Crippen LogP contribution in [0.25, 0.3) is 4.13 Å². The molecule has 14 heteroatoms. The summed E-state index contributed by atoms with van der Waals surface area (Å²) >= 11 is 0. The van der Waals surface area contributed by atoms with Gasteiger partial charge in [0, 0.05) is 0 Å². The number of rotatable bonds is 2. The fourth-order valence-electron chi connectivity index (χ4n) is 0.214. The summed E-state index contributed by atoms with van der Waals surface area (Å²) in [7, 11) is -13.4. The third-order valence-corrected chi connectivity index (χ3v) is 3.52.